The normalized spacial score (nSPS) is 14.2. The predicted molar refractivity (Wildman–Crippen MR) is 116 cm³/mol. The fourth-order valence-corrected chi connectivity index (χ4v) is 5.00. The van der Waals surface area contributed by atoms with Gasteiger partial charge in [-0.2, -0.15) is 4.31 Å². The second-order valence-electron chi connectivity index (χ2n) is 7.48. The summed E-state index contributed by atoms with van der Waals surface area (Å²) >= 11 is 6.30. The fraction of sp³-hybridized carbons (Fsp3) is 0.318. The van der Waals surface area contributed by atoms with Crippen molar-refractivity contribution >= 4 is 21.6 Å². The molecule has 0 atom stereocenters. The van der Waals surface area contributed by atoms with Crippen molar-refractivity contribution in [3.8, 4) is 5.75 Å². The molecule has 0 amide bonds. The van der Waals surface area contributed by atoms with Gasteiger partial charge in [0.15, 0.2) is 0 Å². The van der Waals surface area contributed by atoms with Crippen LogP contribution >= 0.6 is 11.6 Å². The lowest BCUT2D eigenvalue weighted by atomic mass is 10.2. The Balaban J connectivity index is 1.59. The van der Waals surface area contributed by atoms with E-state index in [4.69, 9.17) is 16.3 Å². The summed E-state index contributed by atoms with van der Waals surface area (Å²) in [6, 6.07) is 14.1. The number of aromatic nitrogens is 2. The second kappa shape index (κ2) is 8.79. The molecule has 0 saturated heterocycles. The largest absolute Gasteiger partial charge is 0.497 e. The van der Waals surface area contributed by atoms with Crippen LogP contribution in [-0.2, 0) is 23.1 Å². The lowest BCUT2D eigenvalue weighted by molar-refractivity contribution is 0.377. The number of imidazole rings is 1. The van der Waals surface area contributed by atoms with Gasteiger partial charge in [-0.05, 0) is 54.7 Å². The quantitative estimate of drug-likeness (QED) is 0.495. The van der Waals surface area contributed by atoms with Crippen LogP contribution in [0.4, 0.5) is 0 Å². The summed E-state index contributed by atoms with van der Waals surface area (Å²) in [7, 11) is -2.10. The highest BCUT2D eigenvalue weighted by molar-refractivity contribution is 7.89. The molecular formula is C22H24ClN3O3S. The molecule has 0 spiro atoms. The van der Waals surface area contributed by atoms with Crippen LogP contribution in [0.15, 0.2) is 65.8 Å². The maximum absolute atomic E-state index is 13.4. The summed E-state index contributed by atoms with van der Waals surface area (Å²) in [5.74, 6) is 1.72. The zero-order valence-electron chi connectivity index (χ0n) is 16.7. The fourth-order valence-electron chi connectivity index (χ4n) is 3.34. The van der Waals surface area contributed by atoms with E-state index >= 15 is 0 Å². The Morgan fingerprint density at radius 1 is 1.17 bits per heavy atom. The molecule has 6 nitrogen and oxygen atoms in total. The van der Waals surface area contributed by atoms with E-state index in [1.165, 1.54) is 4.31 Å². The molecule has 30 heavy (non-hydrogen) atoms. The molecule has 3 aromatic rings. The molecule has 0 bridgehead atoms. The average molecular weight is 446 g/mol. The van der Waals surface area contributed by atoms with Crippen LogP contribution < -0.4 is 4.74 Å². The molecule has 1 aliphatic rings. The summed E-state index contributed by atoms with van der Waals surface area (Å²) in [4.78, 5) is 4.70. The van der Waals surface area contributed by atoms with Gasteiger partial charge < -0.3 is 9.30 Å². The van der Waals surface area contributed by atoms with Crippen molar-refractivity contribution in [3.05, 3.63) is 77.3 Å². The van der Waals surface area contributed by atoms with Crippen molar-refractivity contribution in [2.75, 3.05) is 13.7 Å². The summed E-state index contributed by atoms with van der Waals surface area (Å²) in [6.07, 6.45) is 5.67. The minimum absolute atomic E-state index is 0.211. The van der Waals surface area contributed by atoms with Gasteiger partial charge >= 0.3 is 0 Å². The number of halogens is 1. The molecular weight excluding hydrogens is 422 g/mol. The third kappa shape index (κ3) is 4.69. The third-order valence-electron chi connectivity index (χ3n) is 5.27. The molecule has 0 unspecified atom stereocenters. The maximum atomic E-state index is 13.4. The number of ether oxygens (including phenoxy) is 1. The molecule has 1 aromatic heterocycles. The topological polar surface area (TPSA) is 64.4 Å². The SMILES string of the molecule is COc1ccc(S(=O)(=O)N(Cc2nccn2Cc2ccccc2Cl)CC2CC2)cc1. The number of sulfonamides is 1. The Hall–Kier alpha value is -2.35. The highest BCUT2D eigenvalue weighted by Crippen LogP contribution is 2.32. The molecule has 0 aliphatic heterocycles. The average Bonchev–Trinajstić information content (AvgIpc) is 3.47. The van der Waals surface area contributed by atoms with Crippen LogP contribution in [0.2, 0.25) is 5.02 Å². The molecule has 8 heteroatoms. The highest BCUT2D eigenvalue weighted by atomic mass is 35.5. The molecule has 4 rings (SSSR count). The lowest BCUT2D eigenvalue weighted by Gasteiger charge is -2.22. The van der Waals surface area contributed by atoms with E-state index in [1.54, 1.807) is 37.6 Å². The third-order valence-corrected chi connectivity index (χ3v) is 7.47. The van der Waals surface area contributed by atoms with Gasteiger partial charge in [0, 0.05) is 24.0 Å². The van der Waals surface area contributed by atoms with E-state index in [1.807, 2.05) is 35.0 Å². The number of rotatable bonds is 9. The van der Waals surface area contributed by atoms with E-state index in [-0.39, 0.29) is 11.4 Å². The number of benzene rings is 2. The van der Waals surface area contributed by atoms with Crippen molar-refractivity contribution in [3.63, 3.8) is 0 Å². The monoisotopic (exact) mass is 445 g/mol. The Morgan fingerprint density at radius 3 is 2.57 bits per heavy atom. The maximum Gasteiger partial charge on any atom is 0.243 e. The highest BCUT2D eigenvalue weighted by Gasteiger charge is 2.32. The Labute approximate surface area is 182 Å². The van der Waals surface area contributed by atoms with E-state index in [2.05, 4.69) is 4.98 Å². The zero-order chi connectivity index (χ0) is 21.1. The van der Waals surface area contributed by atoms with E-state index < -0.39 is 10.0 Å². The molecule has 0 radical (unpaired) electrons. The predicted octanol–water partition coefficient (Wildman–Crippen LogP) is 4.19. The molecule has 1 heterocycles. The first kappa shape index (κ1) is 20.9. The number of nitrogens with zero attached hydrogens (tertiary/aromatic N) is 3. The molecule has 1 saturated carbocycles. The van der Waals surface area contributed by atoms with E-state index in [0.29, 0.717) is 35.6 Å². The van der Waals surface area contributed by atoms with Gasteiger partial charge in [0.05, 0.1) is 25.1 Å². The first-order chi connectivity index (χ1) is 14.5. The second-order valence-corrected chi connectivity index (χ2v) is 9.82. The standard InChI is InChI=1S/C22H24ClN3O3S/c1-29-19-8-10-20(11-9-19)30(27,28)26(14-17-6-7-17)16-22-24-12-13-25(22)15-18-4-2-3-5-21(18)23/h2-5,8-13,17H,6-7,14-16H2,1H3. The van der Waals surface area contributed by atoms with Crippen molar-refractivity contribution in [1.29, 1.82) is 0 Å². The van der Waals surface area contributed by atoms with Crippen molar-refractivity contribution in [2.45, 2.75) is 30.8 Å². The summed E-state index contributed by atoms with van der Waals surface area (Å²) in [5.41, 5.74) is 0.963. The molecule has 1 aliphatic carbocycles. The Morgan fingerprint density at radius 2 is 1.90 bits per heavy atom. The molecule has 158 valence electrons. The summed E-state index contributed by atoms with van der Waals surface area (Å²) in [6.45, 7) is 1.24. The van der Waals surface area contributed by atoms with Crippen LogP contribution in [-0.4, -0.2) is 35.9 Å². The lowest BCUT2D eigenvalue weighted by Crippen LogP contribution is -2.33. The Bertz CT molecular complexity index is 1110. The molecule has 2 aromatic carbocycles. The van der Waals surface area contributed by atoms with Crippen LogP contribution in [0.1, 0.15) is 24.2 Å². The van der Waals surface area contributed by atoms with Crippen molar-refractivity contribution in [2.24, 2.45) is 5.92 Å². The smallest absolute Gasteiger partial charge is 0.243 e. The Kier molecular flexibility index (Phi) is 6.13. The van der Waals surface area contributed by atoms with Gasteiger partial charge in [0.25, 0.3) is 0 Å². The van der Waals surface area contributed by atoms with Gasteiger partial charge in [-0.25, -0.2) is 13.4 Å². The van der Waals surface area contributed by atoms with Gasteiger partial charge in [-0.15, -0.1) is 0 Å². The van der Waals surface area contributed by atoms with Crippen LogP contribution in [0.5, 0.6) is 5.75 Å². The summed E-state index contributed by atoms with van der Waals surface area (Å²) in [5, 5.41) is 0.679. The van der Waals surface area contributed by atoms with Crippen molar-refractivity contribution < 1.29 is 13.2 Å². The van der Waals surface area contributed by atoms with E-state index in [9.17, 15) is 8.42 Å². The van der Waals surface area contributed by atoms with Gasteiger partial charge in [-0.1, -0.05) is 29.8 Å². The van der Waals surface area contributed by atoms with Gasteiger partial charge in [0.1, 0.15) is 11.6 Å². The van der Waals surface area contributed by atoms with Crippen molar-refractivity contribution in [1.82, 2.24) is 13.9 Å². The van der Waals surface area contributed by atoms with Gasteiger partial charge in [0.2, 0.25) is 10.0 Å². The minimum atomic E-state index is -3.66. The molecule has 1 fully saturated rings. The van der Waals surface area contributed by atoms with Crippen LogP contribution in [0, 0.1) is 5.92 Å². The van der Waals surface area contributed by atoms with E-state index in [0.717, 1.165) is 18.4 Å². The minimum Gasteiger partial charge on any atom is -0.497 e. The first-order valence-electron chi connectivity index (χ1n) is 9.85. The number of hydrogen-bond acceptors (Lipinski definition) is 4. The zero-order valence-corrected chi connectivity index (χ0v) is 18.3. The van der Waals surface area contributed by atoms with Crippen LogP contribution in [0.25, 0.3) is 0 Å². The van der Waals surface area contributed by atoms with Gasteiger partial charge in [-0.3, -0.25) is 0 Å². The summed E-state index contributed by atoms with van der Waals surface area (Å²) < 4.78 is 35.4. The van der Waals surface area contributed by atoms with Crippen LogP contribution in [0.3, 0.4) is 0 Å². The number of hydrogen-bond donors (Lipinski definition) is 0. The number of methoxy groups -OCH3 is 1. The first-order valence-corrected chi connectivity index (χ1v) is 11.7. The molecule has 0 N–H and O–H groups in total.